The van der Waals surface area contributed by atoms with E-state index >= 15 is 0 Å². The van der Waals surface area contributed by atoms with E-state index in [9.17, 15) is 9.59 Å². The van der Waals surface area contributed by atoms with E-state index in [1.165, 1.54) is 6.33 Å². The Labute approximate surface area is 169 Å². The molecule has 29 heavy (non-hydrogen) atoms. The van der Waals surface area contributed by atoms with Gasteiger partial charge in [-0.05, 0) is 32.1 Å². The van der Waals surface area contributed by atoms with Crippen LogP contribution in [0.15, 0.2) is 19.0 Å². The van der Waals surface area contributed by atoms with Crippen molar-refractivity contribution in [2.45, 2.75) is 57.0 Å². The summed E-state index contributed by atoms with van der Waals surface area (Å²) in [4.78, 5) is 41.6. The number of nitrogens with zero attached hydrogens (tertiary/aromatic N) is 6. The minimum absolute atomic E-state index is 0.179. The van der Waals surface area contributed by atoms with Crippen molar-refractivity contribution in [3.8, 4) is 0 Å². The number of fused-ring (bicyclic) bond motifs is 2. The fourth-order valence-corrected chi connectivity index (χ4v) is 4.88. The number of likely N-dealkylation sites (tertiary alicyclic amines) is 1. The van der Waals surface area contributed by atoms with Crippen LogP contribution in [0.5, 0.6) is 0 Å². The highest BCUT2D eigenvalue weighted by atomic mass is 16.2. The molecule has 0 atom stereocenters. The van der Waals surface area contributed by atoms with Crippen LogP contribution < -0.4 is 0 Å². The van der Waals surface area contributed by atoms with Crippen LogP contribution in [0.2, 0.25) is 0 Å². The summed E-state index contributed by atoms with van der Waals surface area (Å²) in [6.45, 7) is 2.78. The summed E-state index contributed by atoms with van der Waals surface area (Å²) in [5.74, 6) is 0.660. The van der Waals surface area contributed by atoms with Crippen molar-refractivity contribution in [2.24, 2.45) is 5.92 Å². The van der Waals surface area contributed by atoms with E-state index in [1.807, 2.05) is 4.90 Å². The van der Waals surface area contributed by atoms with Gasteiger partial charge in [0, 0.05) is 50.6 Å². The van der Waals surface area contributed by atoms with Gasteiger partial charge >= 0.3 is 0 Å². The summed E-state index contributed by atoms with van der Waals surface area (Å²) >= 11 is 0. The van der Waals surface area contributed by atoms with E-state index in [4.69, 9.17) is 0 Å². The predicted octanol–water partition coefficient (Wildman–Crippen LogP) is 1.09. The molecule has 2 aromatic heterocycles. The topological polar surface area (TPSA) is 100 Å². The van der Waals surface area contributed by atoms with Gasteiger partial charge in [-0.3, -0.25) is 14.3 Å². The van der Waals surface area contributed by atoms with Crippen molar-refractivity contribution in [3.63, 3.8) is 0 Å². The van der Waals surface area contributed by atoms with Crippen LogP contribution in [0.25, 0.3) is 0 Å². The first-order valence-electron chi connectivity index (χ1n) is 10.6. The molecule has 154 valence electrons. The average Bonchev–Trinajstić information content (AvgIpc) is 3.23. The molecule has 1 spiro atoms. The molecular formula is C20H27N7O2. The molecule has 0 radical (unpaired) electrons. The number of nitrogens with one attached hydrogen (secondary N) is 1. The minimum atomic E-state index is -0.356. The van der Waals surface area contributed by atoms with Crippen LogP contribution in [0.4, 0.5) is 0 Å². The summed E-state index contributed by atoms with van der Waals surface area (Å²) < 4.78 is 1.75. The van der Waals surface area contributed by atoms with Crippen LogP contribution in [0.1, 0.15) is 49.9 Å². The van der Waals surface area contributed by atoms with Gasteiger partial charge in [-0.2, -0.15) is 5.10 Å². The fourth-order valence-electron chi connectivity index (χ4n) is 4.88. The fraction of sp³-hybridized carbons (Fsp3) is 0.650. The van der Waals surface area contributed by atoms with Gasteiger partial charge in [0.1, 0.15) is 12.7 Å². The van der Waals surface area contributed by atoms with Gasteiger partial charge in [-0.1, -0.05) is 0 Å². The van der Waals surface area contributed by atoms with Crippen LogP contribution in [-0.4, -0.2) is 66.0 Å². The first-order chi connectivity index (χ1) is 14.2. The first-order valence-corrected chi connectivity index (χ1v) is 10.6. The second-order valence-corrected chi connectivity index (χ2v) is 8.42. The molecule has 9 nitrogen and oxygen atoms in total. The normalized spacial score (nSPS) is 20.7. The van der Waals surface area contributed by atoms with Crippen molar-refractivity contribution in [3.05, 3.63) is 30.4 Å². The van der Waals surface area contributed by atoms with Crippen molar-refractivity contribution in [1.29, 1.82) is 0 Å². The van der Waals surface area contributed by atoms with Crippen LogP contribution in [0.3, 0.4) is 0 Å². The molecule has 0 bridgehead atoms. The van der Waals surface area contributed by atoms with E-state index in [0.29, 0.717) is 26.1 Å². The molecule has 0 aromatic carbocycles. The third-order valence-corrected chi connectivity index (χ3v) is 6.64. The van der Waals surface area contributed by atoms with Crippen molar-refractivity contribution in [2.75, 3.05) is 19.6 Å². The first kappa shape index (κ1) is 18.3. The predicted molar refractivity (Wildman–Crippen MR) is 103 cm³/mol. The molecule has 0 unspecified atom stereocenters. The monoisotopic (exact) mass is 397 g/mol. The lowest BCUT2D eigenvalue weighted by molar-refractivity contribution is -0.145. The molecule has 3 aliphatic rings. The molecule has 2 amide bonds. The van der Waals surface area contributed by atoms with E-state index in [0.717, 1.165) is 56.5 Å². The number of carbonyl (C=O) groups is 2. The van der Waals surface area contributed by atoms with E-state index < -0.39 is 0 Å². The maximum Gasteiger partial charge on any atom is 0.226 e. The van der Waals surface area contributed by atoms with Crippen molar-refractivity contribution >= 4 is 11.8 Å². The lowest BCUT2D eigenvalue weighted by atomic mass is 9.78. The Bertz CT molecular complexity index is 879. The molecule has 2 aromatic rings. The van der Waals surface area contributed by atoms with Gasteiger partial charge in [0.15, 0.2) is 0 Å². The minimum Gasteiger partial charge on any atom is -0.348 e. The van der Waals surface area contributed by atoms with Crippen LogP contribution in [-0.2, 0) is 28.1 Å². The number of aromatic nitrogens is 5. The molecule has 1 saturated carbocycles. The third-order valence-electron chi connectivity index (χ3n) is 6.64. The molecular weight excluding hydrogens is 370 g/mol. The van der Waals surface area contributed by atoms with Crippen molar-refractivity contribution in [1.82, 2.24) is 34.5 Å². The summed E-state index contributed by atoms with van der Waals surface area (Å²) in [6.07, 6.45) is 10.6. The van der Waals surface area contributed by atoms with Crippen LogP contribution >= 0.6 is 0 Å². The summed E-state index contributed by atoms with van der Waals surface area (Å²) in [7, 11) is 0. The van der Waals surface area contributed by atoms with E-state index in [-0.39, 0.29) is 23.3 Å². The van der Waals surface area contributed by atoms with Gasteiger partial charge in [-0.25, -0.2) is 9.97 Å². The zero-order valence-corrected chi connectivity index (χ0v) is 16.6. The highest BCUT2D eigenvalue weighted by Crippen LogP contribution is 2.45. The van der Waals surface area contributed by atoms with Gasteiger partial charge < -0.3 is 14.8 Å². The number of aryl methyl sites for hydroxylation is 1. The Morgan fingerprint density at radius 3 is 2.76 bits per heavy atom. The zero-order chi connectivity index (χ0) is 19.8. The SMILES string of the molecule is O=C(CCCn1cncn1)N1CCC2(CC1)c1nc[nH]c1CCN2C(=O)C1CC1. The lowest BCUT2D eigenvalue weighted by Crippen LogP contribution is -2.59. The lowest BCUT2D eigenvalue weighted by Gasteiger charge is -2.50. The number of H-pyrrole nitrogens is 1. The maximum absolute atomic E-state index is 13.0. The highest BCUT2D eigenvalue weighted by molar-refractivity contribution is 5.82. The van der Waals surface area contributed by atoms with Gasteiger partial charge in [-0.15, -0.1) is 0 Å². The second-order valence-electron chi connectivity index (χ2n) is 8.42. The molecule has 9 heteroatoms. The molecule has 5 rings (SSSR count). The largest absolute Gasteiger partial charge is 0.348 e. The number of rotatable bonds is 5. The maximum atomic E-state index is 13.0. The van der Waals surface area contributed by atoms with Crippen LogP contribution in [0, 0.1) is 5.92 Å². The molecule has 2 fully saturated rings. The Kier molecular flexibility index (Phi) is 4.60. The molecule has 4 heterocycles. The summed E-state index contributed by atoms with van der Waals surface area (Å²) in [5, 5.41) is 4.08. The van der Waals surface area contributed by atoms with Gasteiger partial charge in [0.2, 0.25) is 11.8 Å². The Morgan fingerprint density at radius 1 is 1.21 bits per heavy atom. The van der Waals surface area contributed by atoms with E-state index in [2.05, 4.69) is 25.0 Å². The number of hydrogen-bond donors (Lipinski definition) is 1. The standard InChI is InChI=1S/C20H27N7O2/c28-17(2-1-8-26-14-21-12-24-26)25-10-6-20(7-11-25)18-16(22-13-23-18)5-9-27(20)19(29)15-3-4-15/h12-15H,1-11H2,(H,22,23). The Balaban J connectivity index is 1.25. The van der Waals surface area contributed by atoms with E-state index in [1.54, 1.807) is 17.3 Å². The molecule has 1 aliphatic carbocycles. The quantitative estimate of drug-likeness (QED) is 0.814. The molecule has 1 saturated heterocycles. The second kappa shape index (κ2) is 7.27. The number of aromatic amines is 1. The zero-order valence-electron chi connectivity index (χ0n) is 16.6. The highest BCUT2D eigenvalue weighted by Gasteiger charge is 2.51. The smallest absolute Gasteiger partial charge is 0.226 e. The number of carbonyl (C=O) groups excluding carboxylic acids is 2. The van der Waals surface area contributed by atoms with Gasteiger partial charge in [0.25, 0.3) is 0 Å². The summed E-state index contributed by atoms with van der Waals surface area (Å²) in [5.41, 5.74) is 1.82. The number of imidazole rings is 1. The van der Waals surface area contributed by atoms with Gasteiger partial charge in [0.05, 0.1) is 17.6 Å². The number of piperidine rings is 1. The Morgan fingerprint density at radius 2 is 2.03 bits per heavy atom. The number of amides is 2. The Hall–Kier alpha value is -2.71. The molecule has 1 N–H and O–H groups in total. The average molecular weight is 397 g/mol. The third kappa shape index (κ3) is 3.32. The molecule has 2 aliphatic heterocycles. The number of hydrogen-bond acceptors (Lipinski definition) is 5. The summed E-state index contributed by atoms with van der Waals surface area (Å²) in [6, 6.07) is 0. The van der Waals surface area contributed by atoms with Crippen molar-refractivity contribution < 1.29 is 9.59 Å².